The summed E-state index contributed by atoms with van der Waals surface area (Å²) >= 11 is 0. The number of hydrogen-bond acceptors (Lipinski definition) is 12. The summed E-state index contributed by atoms with van der Waals surface area (Å²) in [5, 5.41) is 3.55. The predicted molar refractivity (Wildman–Crippen MR) is 117 cm³/mol. The summed E-state index contributed by atoms with van der Waals surface area (Å²) in [4.78, 5) is 57.3. The standard InChI is InChI=1S/C13H20N7O13P3/c1-6(18-19-15)30-8-4-10(20-3-2-7-11(20)16-13(14)17-12(7)21)31-9(8)5-29-35(25,26)33-36(27,28)32-34(22,23)24/h2-3,6,8-10H,4-5H2,1H3,(H,25,26)(H,27,28)(H2,22,23,24)(H3,14,16,17,21)/t6-,8-,9-,10-/m1/s1. The van der Waals surface area contributed by atoms with Gasteiger partial charge in [0.2, 0.25) is 5.95 Å². The van der Waals surface area contributed by atoms with Gasteiger partial charge in [0, 0.05) is 17.5 Å². The number of H-pyrrole nitrogens is 1. The van der Waals surface area contributed by atoms with Crippen molar-refractivity contribution >= 4 is 40.4 Å². The van der Waals surface area contributed by atoms with Gasteiger partial charge in [0.05, 0.1) is 18.1 Å². The summed E-state index contributed by atoms with van der Waals surface area (Å²) in [6.07, 6.45) is -2.57. The molecule has 1 aliphatic heterocycles. The lowest BCUT2D eigenvalue weighted by atomic mass is 10.2. The maximum Gasteiger partial charge on any atom is 0.490 e. The van der Waals surface area contributed by atoms with Crippen LogP contribution >= 0.6 is 23.5 Å². The Labute approximate surface area is 200 Å². The fourth-order valence-electron chi connectivity index (χ4n) is 3.28. The fraction of sp³-hybridized carbons (Fsp3) is 0.538. The molecule has 23 heteroatoms. The molecule has 2 aromatic rings. The van der Waals surface area contributed by atoms with E-state index in [-0.39, 0.29) is 23.4 Å². The largest absolute Gasteiger partial charge is 0.490 e. The van der Waals surface area contributed by atoms with E-state index in [1.807, 2.05) is 0 Å². The van der Waals surface area contributed by atoms with Crippen molar-refractivity contribution in [3.63, 3.8) is 0 Å². The second-order valence-corrected chi connectivity index (χ2v) is 11.6. The smallest absolute Gasteiger partial charge is 0.369 e. The Bertz CT molecular complexity index is 1370. The van der Waals surface area contributed by atoms with Crippen molar-refractivity contribution in [2.45, 2.75) is 38.0 Å². The first-order chi connectivity index (χ1) is 16.6. The normalized spacial score (nSPS) is 24.6. The summed E-state index contributed by atoms with van der Waals surface area (Å²) in [5.41, 5.74) is 13.9. The van der Waals surface area contributed by atoms with Crippen molar-refractivity contribution in [3.05, 3.63) is 33.1 Å². The van der Waals surface area contributed by atoms with E-state index in [2.05, 4.69) is 33.1 Å². The van der Waals surface area contributed by atoms with Crippen LogP contribution in [0.3, 0.4) is 0 Å². The highest BCUT2D eigenvalue weighted by molar-refractivity contribution is 7.66. The molecule has 0 radical (unpaired) electrons. The van der Waals surface area contributed by atoms with Crippen LogP contribution in [0.5, 0.6) is 0 Å². The first kappa shape index (κ1) is 28.4. The highest BCUT2D eigenvalue weighted by Gasteiger charge is 2.44. The molecular weight excluding hydrogens is 555 g/mol. The van der Waals surface area contributed by atoms with Gasteiger partial charge in [-0.15, -0.1) is 0 Å². The first-order valence-corrected chi connectivity index (χ1v) is 14.1. The van der Waals surface area contributed by atoms with Gasteiger partial charge in [-0.1, -0.05) is 5.11 Å². The average molecular weight is 575 g/mol. The van der Waals surface area contributed by atoms with Gasteiger partial charge in [-0.05, 0) is 18.5 Å². The number of azide groups is 1. The van der Waals surface area contributed by atoms with Crippen LogP contribution in [-0.2, 0) is 36.3 Å². The van der Waals surface area contributed by atoms with Gasteiger partial charge in [0.15, 0.2) is 5.65 Å². The van der Waals surface area contributed by atoms with Crippen LogP contribution in [0.25, 0.3) is 21.5 Å². The minimum atomic E-state index is -5.72. The number of fused-ring (bicyclic) bond motifs is 1. The van der Waals surface area contributed by atoms with E-state index in [4.69, 9.17) is 30.5 Å². The molecule has 2 aromatic heterocycles. The lowest BCUT2D eigenvalue weighted by Gasteiger charge is -2.22. The molecule has 20 nitrogen and oxygen atoms in total. The molecule has 36 heavy (non-hydrogen) atoms. The quantitative estimate of drug-likeness (QED) is 0.0941. The molecule has 0 spiro atoms. The van der Waals surface area contributed by atoms with Crippen LogP contribution in [0.15, 0.2) is 22.2 Å². The zero-order valence-electron chi connectivity index (χ0n) is 18.0. The van der Waals surface area contributed by atoms with E-state index < -0.39 is 60.3 Å². The van der Waals surface area contributed by atoms with Crippen LogP contribution < -0.4 is 11.3 Å². The third-order valence-corrected chi connectivity index (χ3v) is 8.30. The molecular formula is C13H20N7O13P3. The van der Waals surface area contributed by atoms with Gasteiger partial charge in [-0.3, -0.25) is 14.3 Å². The maximum atomic E-state index is 12.1. The number of nitrogens with two attached hydrogens (primary N) is 1. The third kappa shape index (κ3) is 7.44. The van der Waals surface area contributed by atoms with Crippen LogP contribution in [0.4, 0.5) is 5.95 Å². The van der Waals surface area contributed by atoms with Gasteiger partial charge >= 0.3 is 23.5 Å². The number of nitrogen functional groups attached to an aromatic ring is 1. The highest BCUT2D eigenvalue weighted by atomic mass is 31.3. The van der Waals surface area contributed by atoms with Crippen molar-refractivity contribution in [1.29, 1.82) is 0 Å². The number of hydrogen-bond donors (Lipinski definition) is 6. The minimum absolute atomic E-state index is 0.0217. The van der Waals surface area contributed by atoms with Crippen LogP contribution in [0, 0.1) is 0 Å². The predicted octanol–water partition coefficient (Wildman–Crippen LogP) is 0.979. The zero-order chi connectivity index (χ0) is 26.9. The number of nitrogens with one attached hydrogen (secondary N) is 1. The summed E-state index contributed by atoms with van der Waals surface area (Å²) in [6.45, 7) is 0.586. The number of phosphoric acid groups is 3. The number of phosphoric ester groups is 1. The number of aromatic amines is 1. The van der Waals surface area contributed by atoms with E-state index in [1.54, 1.807) is 0 Å². The molecule has 0 saturated carbocycles. The summed E-state index contributed by atoms with van der Waals surface area (Å²) in [5.74, 6) is -0.167. The number of rotatable bonds is 11. The van der Waals surface area contributed by atoms with Gasteiger partial charge in [-0.25, -0.2) is 13.7 Å². The van der Waals surface area contributed by atoms with Gasteiger partial charge in [0.1, 0.15) is 18.6 Å². The summed E-state index contributed by atoms with van der Waals surface area (Å²) in [6, 6.07) is 1.45. The SMILES string of the molecule is C[C@H](N=[N+]=[N-])O[C@@H]1C[C@H](n2ccc3c(=O)[nH]c(N)nc32)O[C@@H]1COP(=O)(O)OP(=O)(O)OP(=O)(O)O. The van der Waals surface area contributed by atoms with E-state index in [0.717, 1.165) is 0 Å². The Morgan fingerprint density at radius 2 is 2.03 bits per heavy atom. The van der Waals surface area contributed by atoms with Gasteiger partial charge in [-0.2, -0.15) is 13.6 Å². The summed E-state index contributed by atoms with van der Waals surface area (Å²) in [7, 11) is -16.7. The fourth-order valence-corrected chi connectivity index (χ4v) is 6.31. The van der Waals surface area contributed by atoms with Gasteiger partial charge in [0.25, 0.3) is 5.56 Å². The molecule has 1 aliphatic rings. The molecule has 7 N–H and O–H groups in total. The van der Waals surface area contributed by atoms with E-state index in [0.29, 0.717) is 0 Å². The topological polar surface area (TPSA) is 304 Å². The molecule has 0 aromatic carbocycles. The second-order valence-electron chi connectivity index (χ2n) is 7.14. The second kappa shape index (κ2) is 10.7. The lowest BCUT2D eigenvalue weighted by Crippen LogP contribution is -2.31. The monoisotopic (exact) mass is 575 g/mol. The first-order valence-electron chi connectivity index (χ1n) is 9.59. The molecule has 3 heterocycles. The van der Waals surface area contributed by atoms with Gasteiger partial charge < -0.3 is 39.3 Å². The lowest BCUT2D eigenvalue weighted by molar-refractivity contribution is -0.0745. The molecule has 200 valence electrons. The van der Waals surface area contributed by atoms with E-state index in [1.165, 1.54) is 23.8 Å². The number of anilines is 1. The van der Waals surface area contributed by atoms with E-state index in [9.17, 15) is 28.3 Å². The van der Waals surface area contributed by atoms with E-state index >= 15 is 0 Å². The van der Waals surface area contributed by atoms with Crippen LogP contribution in [0.2, 0.25) is 0 Å². The Morgan fingerprint density at radius 1 is 1.33 bits per heavy atom. The highest BCUT2D eigenvalue weighted by Crippen LogP contribution is 2.66. The molecule has 0 amide bonds. The average Bonchev–Trinajstić information content (AvgIpc) is 3.27. The molecule has 0 aliphatic carbocycles. The molecule has 1 saturated heterocycles. The Hall–Kier alpha value is -2.14. The molecule has 6 atom stereocenters. The Morgan fingerprint density at radius 3 is 2.67 bits per heavy atom. The summed E-state index contributed by atoms with van der Waals surface area (Å²) < 4.78 is 59.1. The molecule has 3 rings (SSSR count). The minimum Gasteiger partial charge on any atom is -0.369 e. The Balaban J connectivity index is 1.80. The number of nitrogens with zero attached hydrogens (tertiary/aromatic N) is 5. The van der Waals surface area contributed by atoms with Crippen molar-refractivity contribution in [2.24, 2.45) is 5.11 Å². The maximum absolute atomic E-state index is 12.1. The third-order valence-electron chi connectivity index (χ3n) is 4.49. The number of aromatic nitrogens is 3. The van der Waals surface area contributed by atoms with Crippen LogP contribution in [-0.4, -0.2) is 59.2 Å². The molecule has 0 bridgehead atoms. The van der Waals surface area contributed by atoms with Crippen molar-refractivity contribution < 1.29 is 55.9 Å². The molecule has 1 fully saturated rings. The van der Waals surface area contributed by atoms with Crippen molar-refractivity contribution in [3.8, 4) is 0 Å². The van der Waals surface area contributed by atoms with Crippen molar-refractivity contribution in [1.82, 2.24) is 14.5 Å². The Kier molecular flexibility index (Phi) is 8.44. The number of ether oxygens (including phenoxy) is 2. The zero-order valence-corrected chi connectivity index (χ0v) is 20.7. The van der Waals surface area contributed by atoms with Crippen molar-refractivity contribution in [2.75, 3.05) is 12.3 Å². The molecule has 2 unspecified atom stereocenters. The van der Waals surface area contributed by atoms with Crippen LogP contribution in [0.1, 0.15) is 19.6 Å².